The molecule has 1 aliphatic rings. The van der Waals surface area contributed by atoms with E-state index in [2.05, 4.69) is 15.9 Å². The lowest BCUT2D eigenvalue weighted by molar-refractivity contribution is 0.265. The van der Waals surface area contributed by atoms with E-state index in [1.54, 1.807) is 0 Å². The van der Waals surface area contributed by atoms with Gasteiger partial charge in [-0.15, -0.1) is 0 Å². The molecule has 5 heteroatoms. The zero-order valence-corrected chi connectivity index (χ0v) is 11.9. The first-order chi connectivity index (χ1) is 8.65. The van der Waals surface area contributed by atoms with Crippen molar-refractivity contribution in [1.29, 1.82) is 0 Å². The van der Waals surface area contributed by atoms with Gasteiger partial charge in [-0.25, -0.2) is 0 Å². The molecule has 1 saturated heterocycles. The quantitative estimate of drug-likeness (QED) is 0.858. The molecule has 0 atom stereocenters. The molecule has 0 radical (unpaired) electrons. The van der Waals surface area contributed by atoms with E-state index in [-0.39, 0.29) is 0 Å². The second-order valence-electron chi connectivity index (χ2n) is 4.52. The zero-order chi connectivity index (χ0) is 13.0. The molecule has 18 heavy (non-hydrogen) atoms. The Morgan fingerprint density at radius 3 is 2.61 bits per heavy atom. The molecule has 1 heterocycles. The number of anilines is 1. The van der Waals surface area contributed by atoms with Crippen LogP contribution in [0.25, 0.3) is 0 Å². The van der Waals surface area contributed by atoms with E-state index < -0.39 is 0 Å². The molecule has 1 aromatic carbocycles. The summed E-state index contributed by atoms with van der Waals surface area (Å²) in [6.45, 7) is 5.12. The Balaban J connectivity index is 1.85. The van der Waals surface area contributed by atoms with E-state index in [0.717, 1.165) is 44.2 Å². The van der Waals surface area contributed by atoms with Crippen LogP contribution in [0.15, 0.2) is 24.3 Å². The molecule has 2 rings (SSSR count). The van der Waals surface area contributed by atoms with Gasteiger partial charge in [0.05, 0.1) is 4.99 Å². The van der Waals surface area contributed by atoms with Gasteiger partial charge in [0.1, 0.15) is 0 Å². The Kier molecular flexibility index (Phi) is 4.80. The largest absolute Gasteiger partial charge is 0.393 e. The van der Waals surface area contributed by atoms with Gasteiger partial charge in [-0.3, -0.25) is 4.90 Å². The van der Waals surface area contributed by atoms with E-state index in [1.165, 1.54) is 5.69 Å². The summed E-state index contributed by atoms with van der Waals surface area (Å²) >= 11 is 10.9. The van der Waals surface area contributed by atoms with Crippen LogP contribution in [-0.2, 0) is 0 Å². The van der Waals surface area contributed by atoms with Crippen molar-refractivity contribution in [2.24, 2.45) is 5.73 Å². The summed E-state index contributed by atoms with van der Waals surface area (Å²) < 4.78 is 0. The average Bonchev–Trinajstić information content (AvgIpc) is 2.37. The van der Waals surface area contributed by atoms with Crippen LogP contribution < -0.4 is 10.6 Å². The third-order valence-corrected chi connectivity index (χ3v) is 3.66. The van der Waals surface area contributed by atoms with Crippen LogP contribution in [0, 0.1) is 0 Å². The lowest BCUT2D eigenvalue weighted by Crippen LogP contribution is -2.47. The first kappa shape index (κ1) is 13.6. The van der Waals surface area contributed by atoms with E-state index >= 15 is 0 Å². The summed E-state index contributed by atoms with van der Waals surface area (Å²) in [7, 11) is 0. The van der Waals surface area contributed by atoms with E-state index in [9.17, 15) is 0 Å². The van der Waals surface area contributed by atoms with Crippen molar-refractivity contribution < 1.29 is 0 Å². The molecule has 1 aliphatic heterocycles. The highest BCUT2D eigenvalue weighted by molar-refractivity contribution is 7.80. The van der Waals surface area contributed by atoms with Gasteiger partial charge in [0, 0.05) is 49.9 Å². The van der Waals surface area contributed by atoms with E-state index in [4.69, 9.17) is 29.6 Å². The van der Waals surface area contributed by atoms with Crippen molar-refractivity contribution >= 4 is 34.5 Å². The molecule has 2 N–H and O–H groups in total. The van der Waals surface area contributed by atoms with Gasteiger partial charge in [-0.1, -0.05) is 29.9 Å². The van der Waals surface area contributed by atoms with Crippen LogP contribution in [0.4, 0.5) is 5.69 Å². The molecular formula is C13H18ClN3S. The molecule has 0 aromatic heterocycles. The number of hydrogen-bond acceptors (Lipinski definition) is 3. The van der Waals surface area contributed by atoms with Crippen molar-refractivity contribution in [2.75, 3.05) is 37.6 Å². The van der Waals surface area contributed by atoms with Crippen molar-refractivity contribution in [1.82, 2.24) is 4.90 Å². The smallest absolute Gasteiger partial charge is 0.0740 e. The fraction of sp³-hybridized carbons (Fsp3) is 0.462. The first-order valence-corrected chi connectivity index (χ1v) is 6.95. The highest BCUT2D eigenvalue weighted by Gasteiger charge is 2.16. The molecule has 98 valence electrons. The molecule has 1 fully saturated rings. The normalized spacial score (nSPS) is 16.8. The van der Waals surface area contributed by atoms with Crippen molar-refractivity contribution in [2.45, 2.75) is 6.42 Å². The lowest BCUT2D eigenvalue weighted by Gasteiger charge is -2.36. The van der Waals surface area contributed by atoms with Crippen LogP contribution in [0.5, 0.6) is 0 Å². The minimum atomic E-state index is 0.604. The highest BCUT2D eigenvalue weighted by atomic mass is 35.5. The summed E-state index contributed by atoms with van der Waals surface area (Å²) in [6, 6.07) is 8.03. The molecule has 0 bridgehead atoms. The van der Waals surface area contributed by atoms with Crippen molar-refractivity contribution in [3.05, 3.63) is 29.3 Å². The number of nitrogens with two attached hydrogens (primary N) is 1. The van der Waals surface area contributed by atoms with Gasteiger partial charge in [0.2, 0.25) is 0 Å². The second-order valence-corrected chi connectivity index (χ2v) is 5.49. The Hall–Kier alpha value is -0.840. The maximum atomic E-state index is 6.01. The topological polar surface area (TPSA) is 32.5 Å². The summed E-state index contributed by atoms with van der Waals surface area (Å²) in [5.41, 5.74) is 6.73. The highest BCUT2D eigenvalue weighted by Crippen LogP contribution is 2.20. The minimum Gasteiger partial charge on any atom is -0.393 e. The average molecular weight is 284 g/mol. The van der Waals surface area contributed by atoms with Gasteiger partial charge < -0.3 is 10.6 Å². The fourth-order valence-corrected chi connectivity index (χ4v) is 2.45. The number of piperazine rings is 1. The second kappa shape index (κ2) is 6.36. The Morgan fingerprint density at radius 1 is 1.28 bits per heavy atom. The molecule has 1 aromatic rings. The van der Waals surface area contributed by atoms with Gasteiger partial charge in [-0.05, 0) is 18.2 Å². The third-order valence-electron chi connectivity index (χ3n) is 3.22. The van der Waals surface area contributed by atoms with E-state index in [1.807, 2.05) is 18.2 Å². The van der Waals surface area contributed by atoms with Crippen molar-refractivity contribution in [3.63, 3.8) is 0 Å². The third kappa shape index (κ3) is 3.83. The maximum absolute atomic E-state index is 6.01. The van der Waals surface area contributed by atoms with Crippen LogP contribution in [0.3, 0.4) is 0 Å². The molecule has 0 unspecified atom stereocenters. The summed E-state index contributed by atoms with van der Waals surface area (Å²) in [5.74, 6) is 0. The minimum absolute atomic E-state index is 0.604. The monoisotopic (exact) mass is 283 g/mol. The standard InChI is InChI=1S/C13H18ClN3S/c14-11-2-1-3-12(10-11)17-8-6-16(7-9-17)5-4-13(15)18/h1-3,10H,4-9H2,(H2,15,18). The van der Waals surface area contributed by atoms with Crippen LogP contribution in [-0.4, -0.2) is 42.6 Å². The molecule has 0 spiro atoms. The van der Waals surface area contributed by atoms with Gasteiger partial charge >= 0.3 is 0 Å². The lowest BCUT2D eigenvalue weighted by atomic mass is 10.2. The molecular weight excluding hydrogens is 266 g/mol. The predicted octanol–water partition coefficient (Wildman–Crippen LogP) is 2.14. The number of rotatable bonds is 4. The molecule has 0 aliphatic carbocycles. The molecule has 0 saturated carbocycles. The Labute approximate surface area is 119 Å². The predicted molar refractivity (Wildman–Crippen MR) is 81.5 cm³/mol. The zero-order valence-electron chi connectivity index (χ0n) is 10.3. The Bertz CT molecular complexity index is 416. The fourth-order valence-electron chi connectivity index (χ4n) is 2.17. The summed E-state index contributed by atoms with van der Waals surface area (Å²) in [5, 5.41) is 0.795. The van der Waals surface area contributed by atoms with E-state index in [0.29, 0.717) is 4.99 Å². The number of halogens is 1. The van der Waals surface area contributed by atoms with Crippen LogP contribution in [0.1, 0.15) is 6.42 Å². The number of thiocarbonyl (C=S) groups is 1. The molecule has 0 amide bonds. The first-order valence-electron chi connectivity index (χ1n) is 6.16. The number of benzene rings is 1. The maximum Gasteiger partial charge on any atom is 0.0740 e. The number of nitrogens with zero attached hydrogens (tertiary/aromatic N) is 2. The van der Waals surface area contributed by atoms with Crippen LogP contribution >= 0.6 is 23.8 Å². The summed E-state index contributed by atoms with van der Waals surface area (Å²) in [4.78, 5) is 5.37. The number of hydrogen-bond donors (Lipinski definition) is 1. The summed E-state index contributed by atoms with van der Waals surface area (Å²) in [6.07, 6.45) is 0.812. The Morgan fingerprint density at radius 2 is 2.00 bits per heavy atom. The van der Waals surface area contributed by atoms with Gasteiger partial charge in [0.25, 0.3) is 0 Å². The molecule has 3 nitrogen and oxygen atoms in total. The SMILES string of the molecule is NC(=S)CCN1CCN(c2cccc(Cl)c2)CC1. The van der Waals surface area contributed by atoms with Crippen LogP contribution in [0.2, 0.25) is 5.02 Å². The van der Waals surface area contributed by atoms with Gasteiger partial charge in [-0.2, -0.15) is 0 Å². The van der Waals surface area contributed by atoms with Crippen molar-refractivity contribution in [3.8, 4) is 0 Å². The van der Waals surface area contributed by atoms with Gasteiger partial charge in [0.15, 0.2) is 0 Å².